The molecule has 1 heterocycles. The number of carbonyl (C=O) groups excluding carboxylic acids is 1. The van der Waals surface area contributed by atoms with E-state index < -0.39 is 19.4 Å². The third-order valence-electron chi connectivity index (χ3n) is 5.20. The van der Waals surface area contributed by atoms with Crippen LogP contribution >= 0.6 is 0 Å². The van der Waals surface area contributed by atoms with Crippen molar-refractivity contribution >= 4 is 22.8 Å². The number of methoxy groups -OCH3 is 1. The average molecular weight is 450 g/mol. The predicted molar refractivity (Wildman–Crippen MR) is 126 cm³/mol. The lowest BCUT2D eigenvalue weighted by Gasteiger charge is -2.12. The van der Waals surface area contributed by atoms with E-state index in [2.05, 4.69) is 10.1 Å². The molecule has 8 nitrogen and oxygen atoms in total. The van der Waals surface area contributed by atoms with Crippen LogP contribution in [0.3, 0.4) is 0 Å². The van der Waals surface area contributed by atoms with E-state index in [1.807, 2.05) is 24.3 Å². The van der Waals surface area contributed by atoms with E-state index in [-0.39, 0.29) is 24.0 Å². The summed E-state index contributed by atoms with van der Waals surface area (Å²) in [6.45, 7) is -6.06. The van der Waals surface area contributed by atoms with Crippen molar-refractivity contribution in [2.75, 3.05) is 13.7 Å². The SMILES string of the molecule is [2H]C([2H])([2H])C([2H])([2H])Oc1nc2cccc(C(=O)OC)c2n1Cc1ccc(-c2ccccc2/C(N)=N\O)cc1. The normalized spacial score (nSPS) is 14.6. The maximum atomic E-state index is 12.5. The first-order valence-corrected chi connectivity index (χ1v) is 9.89. The maximum Gasteiger partial charge on any atom is 0.340 e. The minimum atomic E-state index is -3.09. The number of carbonyl (C=O) groups is 1. The molecule has 168 valence electrons. The van der Waals surface area contributed by atoms with Crippen molar-refractivity contribution in [3.8, 4) is 17.1 Å². The standard InChI is InChI=1S/C25H24N4O4/c1-3-33-25-27-21-10-6-9-20(24(30)32-2)22(21)29(25)15-16-11-13-17(14-12-16)18-7-4-5-8-19(18)23(26)28-31/h4-14,31H,3,15H2,1-2H3,(H2,26,28)/i1D3,3D2. The Hall–Kier alpha value is -4.33. The molecule has 0 fully saturated rings. The number of hydrogen-bond acceptors (Lipinski definition) is 6. The zero-order valence-electron chi connectivity index (χ0n) is 22.6. The minimum absolute atomic E-state index is 0.0322. The number of nitrogens with two attached hydrogens (primary N) is 1. The zero-order chi connectivity index (χ0) is 27.7. The van der Waals surface area contributed by atoms with Gasteiger partial charge in [-0.05, 0) is 35.7 Å². The Labute approximate surface area is 197 Å². The van der Waals surface area contributed by atoms with Crippen LogP contribution in [0.4, 0.5) is 0 Å². The number of fused-ring (bicyclic) bond motifs is 1. The fourth-order valence-corrected chi connectivity index (χ4v) is 3.69. The van der Waals surface area contributed by atoms with E-state index >= 15 is 0 Å². The molecule has 0 aliphatic carbocycles. The monoisotopic (exact) mass is 449 g/mol. The summed E-state index contributed by atoms with van der Waals surface area (Å²) in [4.78, 5) is 16.8. The van der Waals surface area contributed by atoms with Crippen LogP contribution in [0.5, 0.6) is 6.01 Å². The highest BCUT2D eigenvalue weighted by molar-refractivity contribution is 6.03. The smallest absolute Gasteiger partial charge is 0.340 e. The van der Waals surface area contributed by atoms with Gasteiger partial charge in [-0.1, -0.05) is 59.8 Å². The number of aromatic nitrogens is 2. The zero-order valence-corrected chi connectivity index (χ0v) is 17.6. The molecule has 0 amide bonds. The molecule has 1 aromatic heterocycles. The number of rotatable bonds is 7. The average Bonchev–Trinajstić information content (AvgIpc) is 3.23. The lowest BCUT2D eigenvalue weighted by molar-refractivity contribution is 0.0602. The van der Waals surface area contributed by atoms with E-state index in [1.165, 1.54) is 17.7 Å². The van der Waals surface area contributed by atoms with Gasteiger partial charge in [0.2, 0.25) is 0 Å². The summed E-state index contributed by atoms with van der Waals surface area (Å²) in [5.74, 6) is -0.674. The molecule has 0 saturated heterocycles. The van der Waals surface area contributed by atoms with Crippen LogP contribution < -0.4 is 10.5 Å². The van der Waals surface area contributed by atoms with Crippen molar-refractivity contribution in [1.82, 2.24) is 9.55 Å². The number of esters is 1. The molecule has 0 radical (unpaired) electrons. The lowest BCUT2D eigenvalue weighted by atomic mass is 9.98. The van der Waals surface area contributed by atoms with Gasteiger partial charge in [0.05, 0.1) is 39.6 Å². The summed E-state index contributed by atoms with van der Waals surface area (Å²) in [5, 5.41) is 12.2. The molecule has 0 bridgehead atoms. The summed E-state index contributed by atoms with van der Waals surface area (Å²) in [6.07, 6.45) is 0. The molecule has 33 heavy (non-hydrogen) atoms. The van der Waals surface area contributed by atoms with Crippen LogP contribution in [-0.4, -0.2) is 40.2 Å². The highest BCUT2D eigenvalue weighted by Gasteiger charge is 2.19. The van der Waals surface area contributed by atoms with Gasteiger partial charge >= 0.3 is 5.97 Å². The van der Waals surface area contributed by atoms with E-state index in [9.17, 15) is 4.79 Å². The van der Waals surface area contributed by atoms with Crippen molar-refractivity contribution in [2.24, 2.45) is 10.9 Å². The van der Waals surface area contributed by atoms with Gasteiger partial charge in [-0.25, -0.2) is 4.79 Å². The summed E-state index contributed by atoms with van der Waals surface area (Å²) in [5.41, 5.74) is 9.38. The second-order valence-corrected chi connectivity index (χ2v) is 7.08. The molecule has 3 aromatic carbocycles. The fourth-order valence-electron chi connectivity index (χ4n) is 3.69. The Morgan fingerprint density at radius 1 is 1.15 bits per heavy atom. The summed E-state index contributed by atoms with van der Waals surface area (Å²) < 4.78 is 50.0. The Morgan fingerprint density at radius 2 is 1.91 bits per heavy atom. The van der Waals surface area contributed by atoms with Crippen LogP contribution in [0.25, 0.3) is 22.2 Å². The van der Waals surface area contributed by atoms with Gasteiger partial charge < -0.3 is 20.4 Å². The molecule has 3 N–H and O–H groups in total. The molecule has 4 rings (SSSR count). The third kappa shape index (κ3) is 4.23. The van der Waals surface area contributed by atoms with Gasteiger partial charge in [-0.2, -0.15) is 4.98 Å². The van der Waals surface area contributed by atoms with Gasteiger partial charge in [0.1, 0.15) is 0 Å². The number of hydrogen-bond donors (Lipinski definition) is 2. The molecular weight excluding hydrogens is 420 g/mol. The first-order valence-electron chi connectivity index (χ1n) is 12.4. The second-order valence-electron chi connectivity index (χ2n) is 7.08. The van der Waals surface area contributed by atoms with Gasteiger partial charge in [0.15, 0.2) is 5.84 Å². The first-order chi connectivity index (χ1) is 18.0. The topological polar surface area (TPSA) is 112 Å². The largest absolute Gasteiger partial charge is 0.465 e. The van der Waals surface area contributed by atoms with Gasteiger partial charge in [0.25, 0.3) is 6.01 Å². The maximum absolute atomic E-state index is 12.5. The quantitative estimate of drug-likeness (QED) is 0.145. The number of imidazole rings is 1. The second kappa shape index (κ2) is 9.44. The van der Waals surface area contributed by atoms with Crippen molar-refractivity contribution < 1.29 is 26.3 Å². The third-order valence-corrected chi connectivity index (χ3v) is 5.20. The van der Waals surface area contributed by atoms with Crippen LogP contribution in [-0.2, 0) is 11.3 Å². The Balaban J connectivity index is 1.79. The lowest BCUT2D eigenvalue weighted by Crippen LogP contribution is -2.14. The summed E-state index contributed by atoms with van der Waals surface area (Å²) >= 11 is 0. The van der Waals surface area contributed by atoms with Crippen LogP contribution in [0.2, 0.25) is 0 Å². The molecule has 0 aliphatic rings. The van der Waals surface area contributed by atoms with Crippen molar-refractivity contribution in [1.29, 1.82) is 0 Å². The predicted octanol–water partition coefficient (Wildman–Crippen LogP) is 4.03. The molecule has 8 heteroatoms. The van der Waals surface area contributed by atoms with Crippen LogP contribution in [0, 0.1) is 0 Å². The summed E-state index contributed by atoms with van der Waals surface area (Å²) in [7, 11) is 1.23. The number of amidine groups is 1. The van der Waals surface area contributed by atoms with Gasteiger partial charge in [-0.3, -0.25) is 4.57 Å². The number of ether oxygens (including phenoxy) is 2. The number of nitrogens with zero attached hydrogens (tertiary/aromatic N) is 3. The Bertz CT molecular complexity index is 1510. The number of benzene rings is 3. The number of para-hydroxylation sites is 1. The van der Waals surface area contributed by atoms with Gasteiger partial charge in [0, 0.05) is 9.68 Å². The van der Waals surface area contributed by atoms with Crippen molar-refractivity contribution in [2.45, 2.75) is 13.4 Å². The molecule has 0 aliphatic heterocycles. The Kier molecular flexibility index (Phi) is 4.67. The highest BCUT2D eigenvalue weighted by Crippen LogP contribution is 2.28. The molecule has 0 unspecified atom stereocenters. The van der Waals surface area contributed by atoms with E-state index in [4.69, 9.17) is 27.3 Å². The fraction of sp³-hybridized carbons (Fsp3) is 0.160. The van der Waals surface area contributed by atoms with Crippen molar-refractivity contribution in [3.63, 3.8) is 0 Å². The van der Waals surface area contributed by atoms with Gasteiger partial charge in [-0.15, -0.1) is 0 Å². The Morgan fingerprint density at radius 3 is 2.64 bits per heavy atom. The van der Waals surface area contributed by atoms with Crippen LogP contribution in [0.15, 0.2) is 71.9 Å². The first kappa shape index (κ1) is 16.3. The molecule has 0 saturated carbocycles. The molecule has 4 aromatic rings. The minimum Gasteiger partial charge on any atom is -0.465 e. The number of oxime groups is 1. The van der Waals surface area contributed by atoms with Crippen LogP contribution in [0.1, 0.15) is 35.2 Å². The molecule has 0 atom stereocenters. The van der Waals surface area contributed by atoms with E-state index in [1.54, 1.807) is 36.4 Å². The van der Waals surface area contributed by atoms with Crippen molar-refractivity contribution in [3.05, 3.63) is 83.4 Å². The highest BCUT2D eigenvalue weighted by atomic mass is 16.5. The van der Waals surface area contributed by atoms with E-state index in [0.29, 0.717) is 22.2 Å². The molecule has 0 spiro atoms. The molecular formula is C25H24N4O4. The van der Waals surface area contributed by atoms with E-state index in [0.717, 1.165) is 11.1 Å². The summed E-state index contributed by atoms with van der Waals surface area (Å²) in [6, 6.07) is 18.8.